The van der Waals surface area contributed by atoms with E-state index in [4.69, 9.17) is 0 Å². The van der Waals surface area contributed by atoms with E-state index in [1.54, 1.807) is 0 Å². The summed E-state index contributed by atoms with van der Waals surface area (Å²) in [7, 11) is 0. The molecule has 2 aromatic heterocycles. The molecule has 0 N–H and O–H groups in total. The van der Waals surface area contributed by atoms with Gasteiger partial charge in [0.1, 0.15) is 0 Å². The highest BCUT2D eigenvalue weighted by atomic mass is 15.0. The molecule has 0 saturated carbocycles. The van der Waals surface area contributed by atoms with Crippen LogP contribution in [-0.2, 0) is 5.41 Å². The molecule has 0 atom stereocenters. The Morgan fingerprint density at radius 1 is 0.184 bits per heavy atom. The maximum absolute atomic E-state index is 2.43. The Morgan fingerprint density at radius 2 is 0.506 bits per heavy atom. The SMILES string of the molecule is c1ccc(-c2cccc(-n3c4ccccc4c4cc(-c5ccc6c(c5)c5ccccc5n6-c5cccc(-c6ccc(-c7ccc(-c8cccc(-c9ccccc9C9(c%10ccccc%10)c%10ccccc%10-c%10ccccc%109)c8)cc7)cc6)c5)ccc43)c2)cc1. The Morgan fingerprint density at radius 3 is 1.01 bits per heavy atom. The molecular weight excluding hydrogens is 1050 g/mol. The summed E-state index contributed by atoms with van der Waals surface area (Å²) < 4.78 is 4.84. The van der Waals surface area contributed by atoms with E-state index in [1.165, 1.54) is 144 Å². The van der Waals surface area contributed by atoms with Crippen molar-refractivity contribution in [1.29, 1.82) is 0 Å². The van der Waals surface area contributed by atoms with Crippen molar-refractivity contribution < 1.29 is 0 Å². The van der Waals surface area contributed by atoms with Gasteiger partial charge in [0.15, 0.2) is 0 Å². The molecule has 0 fully saturated rings. The van der Waals surface area contributed by atoms with Crippen LogP contribution in [-0.4, -0.2) is 9.13 Å². The van der Waals surface area contributed by atoms with Gasteiger partial charge in [-0.1, -0.05) is 273 Å². The van der Waals surface area contributed by atoms with Crippen molar-refractivity contribution in [3.05, 3.63) is 362 Å². The molecule has 0 spiro atoms. The second kappa shape index (κ2) is 20.5. The monoisotopic (exact) mass is 1100 g/mol. The quantitative estimate of drug-likeness (QED) is 0.129. The zero-order chi connectivity index (χ0) is 57.4. The van der Waals surface area contributed by atoms with Crippen molar-refractivity contribution in [2.45, 2.75) is 5.41 Å². The molecule has 0 saturated heterocycles. The van der Waals surface area contributed by atoms with Gasteiger partial charge in [-0.2, -0.15) is 0 Å². The van der Waals surface area contributed by atoms with Crippen molar-refractivity contribution in [3.8, 4) is 89.3 Å². The zero-order valence-corrected chi connectivity index (χ0v) is 47.7. The maximum Gasteiger partial charge on any atom is 0.0719 e. The van der Waals surface area contributed by atoms with Gasteiger partial charge >= 0.3 is 0 Å². The molecule has 2 heterocycles. The summed E-state index contributed by atoms with van der Waals surface area (Å²) in [5.41, 5.74) is 28.7. The van der Waals surface area contributed by atoms with E-state index in [9.17, 15) is 0 Å². The lowest BCUT2D eigenvalue weighted by atomic mass is 9.66. The van der Waals surface area contributed by atoms with Gasteiger partial charge in [-0.25, -0.2) is 0 Å². The third-order valence-electron chi connectivity index (χ3n) is 18.4. The molecule has 0 unspecified atom stereocenters. The fourth-order valence-corrected chi connectivity index (χ4v) is 14.5. The first-order valence-electron chi connectivity index (χ1n) is 30.1. The van der Waals surface area contributed by atoms with Crippen molar-refractivity contribution in [1.82, 2.24) is 9.13 Å². The van der Waals surface area contributed by atoms with E-state index in [0.717, 1.165) is 11.4 Å². The molecule has 0 bridgehead atoms. The van der Waals surface area contributed by atoms with E-state index >= 15 is 0 Å². The minimum atomic E-state index is -0.484. The number of benzene rings is 14. The molecule has 2 heteroatoms. The second-order valence-electron chi connectivity index (χ2n) is 23.1. The summed E-state index contributed by atoms with van der Waals surface area (Å²) in [5, 5.41) is 4.95. The van der Waals surface area contributed by atoms with Gasteiger partial charge in [-0.15, -0.1) is 0 Å². The minimum Gasteiger partial charge on any atom is -0.309 e. The maximum atomic E-state index is 2.43. The number of hydrogen-bond donors (Lipinski definition) is 0. The Labute approximate surface area is 506 Å². The predicted molar refractivity (Wildman–Crippen MR) is 365 cm³/mol. The smallest absolute Gasteiger partial charge is 0.0719 e. The van der Waals surface area contributed by atoms with Gasteiger partial charge in [0.2, 0.25) is 0 Å². The molecule has 0 radical (unpaired) electrons. The molecular formula is C85H56N2. The van der Waals surface area contributed by atoms with Crippen LogP contribution in [0, 0.1) is 0 Å². The largest absolute Gasteiger partial charge is 0.309 e. The fraction of sp³-hybridized carbons (Fsp3) is 0.0118. The minimum absolute atomic E-state index is 0.484. The van der Waals surface area contributed by atoms with Crippen LogP contribution in [0.3, 0.4) is 0 Å². The molecule has 1 aliphatic rings. The number of fused-ring (bicyclic) bond motifs is 9. The Hall–Kier alpha value is -11.3. The highest BCUT2D eigenvalue weighted by Crippen LogP contribution is 2.58. The van der Waals surface area contributed by atoms with Crippen molar-refractivity contribution in [2.24, 2.45) is 0 Å². The predicted octanol–water partition coefficient (Wildman–Crippen LogP) is 22.2. The first-order chi connectivity index (χ1) is 43.1. The first-order valence-corrected chi connectivity index (χ1v) is 30.1. The van der Waals surface area contributed by atoms with Crippen molar-refractivity contribution >= 4 is 43.6 Å². The van der Waals surface area contributed by atoms with Gasteiger partial charge < -0.3 is 9.13 Å². The van der Waals surface area contributed by atoms with Crippen LogP contribution < -0.4 is 0 Å². The van der Waals surface area contributed by atoms with E-state index in [1.807, 2.05) is 0 Å². The van der Waals surface area contributed by atoms with E-state index in [2.05, 4.69) is 349 Å². The topological polar surface area (TPSA) is 9.86 Å². The van der Waals surface area contributed by atoms with Gasteiger partial charge in [-0.3, -0.25) is 0 Å². The lowest BCUT2D eigenvalue weighted by Crippen LogP contribution is -2.29. The van der Waals surface area contributed by atoms with Crippen LogP contribution in [0.25, 0.3) is 133 Å². The number of para-hydroxylation sites is 2. The van der Waals surface area contributed by atoms with Crippen LogP contribution >= 0.6 is 0 Å². The Balaban J connectivity index is 0.661. The van der Waals surface area contributed by atoms with Crippen molar-refractivity contribution in [2.75, 3.05) is 0 Å². The van der Waals surface area contributed by atoms with Gasteiger partial charge in [0.25, 0.3) is 0 Å². The molecule has 406 valence electrons. The van der Waals surface area contributed by atoms with Gasteiger partial charge in [0, 0.05) is 32.9 Å². The molecule has 14 aromatic carbocycles. The summed E-state index contributed by atoms with van der Waals surface area (Å²) in [6, 6.07) is 125. The molecule has 2 nitrogen and oxygen atoms in total. The fourth-order valence-electron chi connectivity index (χ4n) is 14.5. The van der Waals surface area contributed by atoms with Crippen molar-refractivity contribution in [3.63, 3.8) is 0 Å². The average Bonchev–Trinajstić information content (AvgIpc) is 2.06. The summed E-state index contributed by atoms with van der Waals surface area (Å²) >= 11 is 0. The highest BCUT2D eigenvalue weighted by molar-refractivity contribution is 6.13. The van der Waals surface area contributed by atoms with Crippen LogP contribution in [0.5, 0.6) is 0 Å². The summed E-state index contributed by atoms with van der Waals surface area (Å²) in [6.07, 6.45) is 0. The summed E-state index contributed by atoms with van der Waals surface area (Å²) in [5.74, 6) is 0. The summed E-state index contributed by atoms with van der Waals surface area (Å²) in [4.78, 5) is 0. The van der Waals surface area contributed by atoms with Gasteiger partial charge in [0.05, 0.1) is 27.5 Å². The molecule has 0 amide bonds. The normalized spacial score (nSPS) is 12.5. The van der Waals surface area contributed by atoms with E-state index < -0.39 is 5.41 Å². The van der Waals surface area contributed by atoms with Crippen LogP contribution in [0.1, 0.15) is 22.3 Å². The lowest BCUT2D eigenvalue weighted by molar-refractivity contribution is 0.770. The van der Waals surface area contributed by atoms with Crippen LogP contribution in [0.4, 0.5) is 0 Å². The molecule has 0 aliphatic heterocycles. The van der Waals surface area contributed by atoms with Crippen LogP contribution in [0.15, 0.2) is 340 Å². The van der Waals surface area contributed by atoms with Gasteiger partial charge in [-0.05, 0) is 167 Å². The van der Waals surface area contributed by atoms with Crippen LogP contribution in [0.2, 0.25) is 0 Å². The summed E-state index contributed by atoms with van der Waals surface area (Å²) in [6.45, 7) is 0. The molecule has 1 aliphatic carbocycles. The highest BCUT2D eigenvalue weighted by Gasteiger charge is 2.47. The average molecular weight is 1110 g/mol. The molecule has 16 aromatic rings. The number of nitrogens with zero attached hydrogens (tertiary/aromatic N) is 2. The Bertz CT molecular complexity index is 5270. The number of aromatic nitrogens is 2. The molecule has 17 rings (SSSR count). The third kappa shape index (κ3) is 8.17. The number of hydrogen-bond acceptors (Lipinski definition) is 0. The Kier molecular flexibility index (Phi) is 11.8. The first kappa shape index (κ1) is 50.2. The van der Waals surface area contributed by atoms with E-state index in [0.29, 0.717) is 0 Å². The molecule has 87 heavy (non-hydrogen) atoms. The zero-order valence-electron chi connectivity index (χ0n) is 47.7. The lowest BCUT2D eigenvalue weighted by Gasteiger charge is -2.35. The van der Waals surface area contributed by atoms with E-state index in [-0.39, 0.29) is 0 Å². The second-order valence-corrected chi connectivity index (χ2v) is 23.1. The standard InChI is InChI=1S/C85H56N2/c1-3-20-57(21-4-1)63-23-18-28-69(53-63)86-81-38-15-10-33-74(81)76-55-65(48-50-83(76)86)66-49-51-84-77(56-66)75-34-11-16-39-82(75)87(84)70-29-19-24-64(54-70)61-46-42-59(43-47-61)58-40-44-60(45-41-58)62-22-17-25-67(52-62)71-30-7-12-35-78(71)85(68-26-5-2-6-27-68)79-36-13-8-31-72(79)73-32-9-14-37-80(73)85/h1-56H. The number of rotatable bonds is 10. The third-order valence-corrected chi connectivity index (χ3v) is 18.4.